The summed E-state index contributed by atoms with van der Waals surface area (Å²) < 4.78 is 0. The highest BCUT2D eigenvalue weighted by Crippen LogP contribution is 2.17. The number of benzene rings is 2. The van der Waals surface area contributed by atoms with Gasteiger partial charge in [-0.25, -0.2) is 0 Å². The van der Waals surface area contributed by atoms with E-state index in [0.29, 0.717) is 5.02 Å². The van der Waals surface area contributed by atoms with Crippen LogP contribution < -0.4 is 0 Å². The fourth-order valence-electron chi connectivity index (χ4n) is 1.27. The third kappa shape index (κ3) is 2.84. The van der Waals surface area contributed by atoms with Crippen LogP contribution in [0.25, 0.3) is 0 Å². The minimum Gasteiger partial charge on any atom is -0.508 e. The quantitative estimate of drug-likeness (QED) is 0.784. The summed E-state index contributed by atoms with van der Waals surface area (Å²) >= 11 is 5.85. The van der Waals surface area contributed by atoms with Gasteiger partial charge in [0.2, 0.25) is 0 Å². The van der Waals surface area contributed by atoms with Gasteiger partial charge in [0.05, 0.1) is 5.69 Å². The minimum atomic E-state index is 0.238. The first-order valence-electron chi connectivity index (χ1n) is 4.83. The average molecular weight is 232 g/mol. The number of aromatic hydroxyl groups is 1. The van der Waals surface area contributed by atoms with Crippen LogP contribution in [0.5, 0.6) is 5.75 Å². The van der Waals surface area contributed by atoms with E-state index < -0.39 is 0 Å². The second-order valence-corrected chi connectivity index (χ2v) is 3.77. The van der Waals surface area contributed by atoms with Gasteiger partial charge in [-0.15, -0.1) is 0 Å². The van der Waals surface area contributed by atoms with Gasteiger partial charge < -0.3 is 5.11 Å². The molecule has 2 rings (SSSR count). The molecule has 0 unspecified atom stereocenters. The number of halogens is 1. The van der Waals surface area contributed by atoms with Crippen molar-refractivity contribution in [3.63, 3.8) is 0 Å². The molecule has 0 aliphatic rings. The standard InChI is InChI=1S/C13H10ClNO/c14-11-3-1-2-10(8-11)9-15-12-4-6-13(16)7-5-12/h1-9,16H. The molecule has 0 spiro atoms. The third-order valence-corrected chi connectivity index (χ3v) is 2.30. The van der Waals surface area contributed by atoms with E-state index in [1.807, 2.05) is 24.3 Å². The maximum Gasteiger partial charge on any atom is 0.115 e. The Balaban J connectivity index is 2.18. The molecule has 0 fully saturated rings. The molecule has 0 aliphatic carbocycles. The lowest BCUT2D eigenvalue weighted by molar-refractivity contribution is 0.475. The lowest BCUT2D eigenvalue weighted by Gasteiger charge is -1.95. The molecular formula is C13H10ClNO. The van der Waals surface area contributed by atoms with Crippen molar-refractivity contribution < 1.29 is 5.11 Å². The van der Waals surface area contributed by atoms with Gasteiger partial charge in [0.25, 0.3) is 0 Å². The van der Waals surface area contributed by atoms with E-state index in [9.17, 15) is 0 Å². The zero-order valence-electron chi connectivity index (χ0n) is 8.47. The Kier molecular flexibility index (Phi) is 3.22. The molecule has 0 saturated carbocycles. The smallest absolute Gasteiger partial charge is 0.115 e. The number of hydrogen-bond acceptors (Lipinski definition) is 2. The highest BCUT2D eigenvalue weighted by atomic mass is 35.5. The van der Waals surface area contributed by atoms with E-state index in [0.717, 1.165) is 11.3 Å². The fourth-order valence-corrected chi connectivity index (χ4v) is 1.47. The van der Waals surface area contributed by atoms with E-state index in [4.69, 9.17) is 16.7 Å². The summed E-state index contributed by atoms with van der Waals surface area (Å²) in [6.45, 7) is 0. The maximum absolute atomic E-state index is 9.11. The summed E-state index contributed by atoms with van der Waals surface area (Å²) in [6.07, 6.45) is 1.73. The number of aliphatic imine (C=N–C) groups is 1. The topological polar surface area (TPSA) is 32.6 Å². The van der Waals surface area contributed by atoms with Crippen molar-refractivity contribution in [1.82, 2.24) is 0 Å². The van der Waals surface area contributed by atoms with Crippen molar-refractivity contribution >= 4 is 23.5 Å². The first kappa shape index (κ1) is 10.7. The van der Waals surface area contributed by atoms with E-state index >= 15 is 0 Å². The van der Waals surface area contributed by atoms with E-state index in [-0.39, 0.29) is 5.75 Å². The molecule has 0 bridgehead atoms. The Morgan fingerprint density at radius 3 is 2.50 bits per heavy atom. The van der Waals surface area contributed by atoms with Crippen LogP contribution in [-0.4, -0.2) is 11.3 Å². The molecular weight excluding hydrogens is 222 g/mol. The predicted molar refractivity (Wildman–Crippen MR) is 66.8 cm³/mol. The molecule has 16 heavy (non-hydrogen) atoms. The Hall–Kier alpha value is -1.80. The maximum atomic E-state index is 9.11. The van der Waals surface area contributed by atoms with Crippen LogP contribution in [0.3, 0.4) is 0 Å². The summed E-state index contributed by atoms with van der Waals surface area (Å²) in [7, 11) is 0. The molecule has 0 amide bonds. The van der Waals surface area contributed by atoms with Gasteiger partial charge in [-0.2, -0.15) is 0 Å². The Bertz CT molecular complexity index is 506. The minimum absolute atomic E-state index is 0.238. The zero-order chi connectivity index (χ0) is 11.4. The Labute approximate surface area is 98.8 Å². The van der Waals surface area contributed by atoms with Crippen LogP contribution in [0.2, 0.25) is 5.02 Å². The molecule has 0 aromatic heterocycles. The highest BCUT2D eigenvalue weighted by molar-refractivity contribution is 6.30. The van der Waals surface area contributed by atoms with E-state index in [1.165, 1.54) is 0 Å². The Morgan fingerprint density at radius 1 is 1.06 bits per heavy atom. The summed E-state index contributed by atoms with van der Waals surface area (Å²) in [4.78, 5) is 4.26. The molecule has 3 heteroatoms. The van der Waals surface area contributed by atoms with Crippen molar-refractivity contribution in [2.75, 3.05) is 0 Å². The van der Waals surface area contributed by atoms with E-state index in [1.54, 1.807) is 30.5 Å². The number of phenols is 1. The van der Waals surface area contributed by atoms with Crippen LogP contribution in [0.15, 0.2) is 53.5 Å². The van der Waals surface area contributed by atoms with Gasteiger partial charge in [-0.1, -0.05) is 23.7 Å². The highest BCUT2D eigenvalue weighted by Gasteiger charge is 1.91. The summed E-state index contributed by atoms with van der Waals surface area (Å²) in [6, 6.07) is 14.2. The largest absolute Gasteiger partial charge is 0.508 e. The van der Waals surface area contributed by atoms with Crippen molar-refractivity contribution in [3.8, 4) is 5.75 Å². The van der Waals surface area contributed by atoms with Crippen molar-refractivity contribution in [2.45, 2.75) is 0 Å². The predicted octanol–water partition coefficient (Wildman–Crippen LogP) is 3.80. The molecule has 2 nitrogen and oxygen atoms in total. The van der Waals surface area contributed by atoms with Crippen molar-refractivity contribution in [2.24, 2.45) is 4.99 Å². The first-order valence-corrected chi connectivity index (χ1v) is 5.20. The number of hydrogen-bond donors (Lipinski definition) is 1. The molecule has 0 aliphatic heterocycles. The van der Waals surface area contributed by atoms with Gasteiger partial charge in [0.1, 0.15) is 5.75 Å². The molecule has 1 N–H and O–H groups in total. The third-order valence-electron chi connectivity index (χ3n) is 2.06. The van der Waals surface area contributed by atoms with Crippen LogP contribution in [0.4, 0.5) is 5.69 Å². The molecule has 0 heterocycles. The Morgan fingerprint density at radius 2 is 1.81 bits per heavy atom. The van der Waals surface area contributed by atoms with Gasteiger partial charge in [-0.3, -0.25) is 4.99 Å². The van der Waals surface area contributed by atoms with Gasteiger partial charge in [0, 0.05) is 11.2 Å². The molecule has 80 valence electrons. The number of phenolic OH excluding ortho intramolecular Hbond substituents is 1. The van der Waals surface area contributed by atoms with Crippen LogP contribution >= 0.6 is 11.6 Å². The second-order valence-electron chi connectivity index (χ2n) is 3.33. The molecule has 2 aromatic carbocycles. The summed E-state index contributed by atoms with van der Waals surface area (Å²) in [5.41, 5.74) is 1.73. The lowest BCUT2D eigenvalue weighted by atomic mass is 10.2. The molecule has 0 saturated heterocycles. The van der Waals surface area contributed by atoms with Gasteiger partial charge in [-0.05, 0) is 42.0 Å². The normalized spacial score (nSPS) is 10.8. The van der Waals surface area contributed by atoms with Crippen LogP contribution in [-0.2, 0) is 0 Å². The first-order chi connectivity index (χ1) is 7.74. The molecule has 2 aromatic rings. The SMILES string of the molecule is Oc1ccc(N=Cc2cccc(Cl)c2)cc1. The van der Waals surface area contributed by atoms with Crippen molar-refractivity contribution in [1.29, 1.82) is 0 Å². The number of nitrogens with zero attached hydrogens (tertiary/aromatic N) is 1. The monoisotopic (exact) mass is 231 g/mol. The molecule has 0 radical (unpaired) electrons. The summed E-state index contributed by atoms with van der Waals surface area (Å²) in [5, 5.41) is 9.80. The van der Waals surface area contributed by atoms with Gasteiger partial charge >= 0.3 is 0 Å². The zero-order valence-corrected chi connectivity index (χ0v) is 9.22. The van der Waals surface area contributed by atoms with Crippen molar-refractivity contribution in [3.05, 3.63) is 59.1 Å². The summed E-state index contributed by atoms with van der Waals surface area (Å²) in [5.74, 6) is 0.238. The van der Waals surface area contributed by atoms with Crippen LogP contribution in [0.1, 0.15) is 5.56 Å². The fraction of sp³-hybridized carbons (Fsp3) is 0. The molecule has 0 atom stereocenters. The lowest BCUT2D eigenvalue weighted by Crippen LogP contribution is -1.79. The van der Waals surface area contributed by atoms with Crippen LogP contribution in [0, 0.1) is 0 Å². The average Bonchev–Trinajstić information content (AvgIpc) is 2.28. The second kappa shape index (κ2) is 4.81. The van der Waals surface area contributed by atoms with E-state index in [2.05, 4.69) is 4.99 Å². The number of rotatable bonds is 2. The van der Waals surface area contributed by atoms with Gasteiger partial charge in [0.15, 0.2) is 0 Å².